The summed E-state index contributed by atoms with van der Waals surface area (Å²) in [6.45, 7) is 3.74. The highest BCUT2D eigenvalue weighted by atomic mass is 16.2. The number of nitrogen functional groups attached to an aromatic ring is 1. The number of H-pyrrole nitrogens is 1. The summed E-state index contributed by atoms with van der Waals surface area (Å²) in [7, 11) is 0. The van der Waals surface area contributed by atoms with Crippen LogP contribution in [-0.2, 0) is 0 Å². The van der Waals surface area contributed by atoms with E-state index < -0.39 is 0 Å². The fourth-order valence-electron chi connectivity index (χ4n) is 0.807. The largest absolute Gasteiger partial charge is 0.394 e. The number of anilines is 2. The Kier molecular flexibility index (Phi) is 2.73. The lowest BCUT2D eigenvalue weighted by atomic mass is 10.4. The molecule has 0 bridgehead atoms. The molecule has 1 aromatic heterocycles. The summed E-state index contributed by atoms with van der Waals surface area (Å²) in [5, 5.41) is 11.4. The standard InChI is InChI=1S/C7H13N5O/c1-4(2)10-7(13)11-6-5(8)3-9-12-6/h3-4H,8H2,1-2H3,(H3,9,10,11,12,13). The van der Waals surface area contributed by atoms with E-state index in [0.717, 1.165) is 0 Å². The molecule has 13 heavy (non-hydrogen) atoms. The molecule has 0 atom stereocenters. The van der Waals surface area contributed by atoms with Crippen LogP contribution in [0.1, 0.15) is 13.8 Å². The van der Waals surface area contributed by atoms with E-state index in [9.17, 15) is 4.79 Å². The van der Waals surface area contributed by atoms with Gasteiger partial charge in [0.05, 0.1) is 11.9 Å². The molecule has 0 aromatic carbocycles. The van der Waals surface area contributed by atoms with Crippen LogP contribution in [-0.4, -0.2) is 22.3 Å². The molecular formula is C7H13N5O. The lowest BCUT2D eigenvalue weighted by Crippen LogP contribution is -2.34. The minimum atomic E-state index is -0.300. The van der Waals surface area contributed by atoms with Gasteiger partial charge in [0.1, 0.15) is 0 Å². The SMILES string of the molecule is CC(C)NC(=O)Nc1[nH]ncc1N. The molecule has 0 aliphatic carbocycles. The second-order valence-corrected chi connectivity index (χ2v) is 2.95. The van der Waals surface area contributed by atoms with E-state index >= 15 is 0 Å². The van der Waals surface area contributed by atoms with Crippen LogP contribution in [0, 0.1) is 0 Å². The number of aromatic amines is 1. The van der Waals surface area contributed by atoms with Crippen molar-refractivity contribution in [2.45, 2.75) is 19.9 Å². The third kappa shape index (κ3) is 2.66. The van der Waals surface area contributed by atoms with Gasteiger partial charge in [0.2, 0.25) is 0 Å². The molecule has 72 valence electrons. The lowest BCUT2D eigenvalue weighted by molar-refractivity contribution is 0.250. The minimum absolute atomic E-state index is 0.0872. The number of hydrogen-bond donors (Lipinski definition) is 4. The zero-order chi connectivity index (χ0) is 9.84. The Morgan fingerprint density at radius 3 is 2.85 bits per heavy atom. The van der Waals surface area contributed by atoms with Crippen LogP contribution in [0.5, 0.6) is 0 Å². The highest BCUT2D eigenvalue weighted by molar-refractivity contribution is 5.91. The van der Waals surface area contributed by atoms with Gasteiger partial charge in [0.15, 0.2) is 5.82 Å². The monoisotopic (exact) mass is 183 g/mol. The summed E-state index contributed by atoms with van der Waals surface area (Å²) in [4.78, 5) is 11.1. The quantitative estimate of drug-likeness (QED) is 0.538. The van der Waals surface area contributed by atoms with Crippen LogP contribution in [0.2, 0.25) is 0 Å². The molecule has 1 aromatic rings. The van der Waals surface area contributed by atoms with E-state index in [0.29, 0.717) is 11.5 Å². The highest BCUT2D eigenvalue weighted by Gasteiger charge is 2.06. The molecule has 5 N–H and O–H groups in total. The molecule has 6 heteroatoms. The van der Waals surface area contributed by atoms with Gasteiger partial charge in [-0.25, -0.2) is 4.79 Å². The Hall–Kier alpha value is -1.72. The van der Waals surface area contributed by atoms with Crippen molar-refractivity contribution < 1.29 is 4.79 Å². The van der Waals surface area contributed by atoms with Crippen LogP contribution in [0.3, 0.4) is 0 Å². The van der Waals surface area contributed by atoms with Crippen LogP contribution < -0.4 is 16.4 Å². The fraction of sp³-hybridized carbons (Fsp3) is 0.429. The molecular weight excluding hydrogens is 170 g/mol. The molecule has 0 saturated carbocycles. The average Bonchev–Trinajstić information content (AvgIpc) is 2.34. The van der Waals surface area contributed by atoms with Crippen LogP contribution in [0.25, 0.3) is 0 Å². The number of urea groups is 1. The van der Waals surface area contributed by atoms with Gasteiger partial charge in [-0.15, -0.1) is 0 Å². The van der Waals surface area contributed by atoms with Crippen molar-refractivity contribution in [3.8, 4) is 0 Å². The van der Waals surface area contributed by atoms with Gasteiger partial charge in [-0.2, -0.15) is 5.10 Å². The third-order valence-corrected chi connectivity index (χ3v) is 1.33. The first-order valence-electron chi connectivity index (χ1n) is 3.96. The summed E-state index contributed by atoms with van der Waals surface area (Å²) in [5.41, 5.74) is 5.90. The highest BCUT2D eigenvalue weighted by Crippen LogP contribution is 2.11. The second kappa shape index (κ2) is 3.79. The summed E-state index contributed by atoms with van der Waals surface area (Å²) in [5.74, 6) is 0.415. The number of aromatic nitrogens is 2. The normalized spacial score (nSPS) is 10.1. The second-order valence-electron chi connectivity index (χ2n) is 2.95. The molecule has 1 rings (SSSR count). The first kappa shape index (κ1) is 9.37. The van der Waals surface area contributed by atoms with Gasteiger partial charge < -0.3 is 11.1 Å². The Morgan fingerprint density at radius 1 is 1.69 bits per heavy atom. The van der Waals surface area contributed by atoms with Gasteiger partial charge in [0, 0.05) is 6.04 Å². The zero-order valence-electron chi connectivity index (χ0n) is 7.59. The maximum Gasteiger partial charge on any atom is 0.320 e. The number of nitrogens with one attached hydrogen (secondary N) is 3. The number of nitrogens with zero attached hydrogens (tertiary/aromatic N) is 1. The van der Waals surface area contributed by atoms with Crippen molar-refractivity contribution in [2.24, 2.45) is 0 Å². The molecule has 0 fully saturated rings. The van der Waals surface area contributed by atoms with Gasteiger partial charge in [0.25, 0.3) is 0 Å². The Balaban J connectivity index is 2.50. The van der Waals surface area contributed by atoms with Crippen molar-refractivity contribution in [1.82, 2.24) is 15.5 Å². The van der Waals surface area contributed by atoms with Crippen LogP contribution >= 0.6 is 0 Å². The molecule has 0 unspecified atom stereocenters. The number of rotatable bonds is 2. The van der Waals surface area contributed by atoms with E-state index in [-0.39, 0.29) is 12.1 Å². The summed E-state index contributed by atoms with van der Waals surface area (Å²) in [6.07, 6.45) is 1.44. The van der Waals surface area contributed by atoms with E-state index in [4.69, 9.17) is 5.73 Å². The number of carbonyl (C=O) groups excluding carboxylic acids is 1. The Labute approximate surface area is 75.9 Å². The average molecular weight is 183 g/mol. The molecule has 0 aliphatic heterocycles. The van der Waals surface area contributed by atoms with E-state index in [1.54, 1.807) is 0 Å². The van der Waals surface area contributed by atoms with E-state index in [2.05, 4.69) is 20.8 Å². The third-order valence-electron chi connectivity index (χ3n) is 1.33. The van der Waals surface area contributed by atoms with Crippen molar-refractivity contribution in [3.05, 3.63) is 6.20 Å². The van der Waals surface area contributed by atoms with Crippen molar-refractivity contribution in [2.75, 3.05) is 11.1 Å². The van der Waals surface area contributed by atoms with Crippen LogP contribution in [0.4, 0.5) is 16.3 Å². The number of amides is 2. The van der Waals surface area contributed by atoms with Gasteiger partial charge in [-0.1, -0.05) is 0 Å². The van der Waals surface area contributed by atoms with Crippen LogP contribution in [0.15, 0.2) is 6.20 Å². The van der Waals surface area contributed by atoms with Crippen molar-refractivity contribution in [3.63, 3.8) is 0 Å². The summed E-state index contributed by atoms with van der Waals surface area (Å²) < 4.78 is 0. The summed E-state index contributed by atoms with van der Waals surface area (Å²) >= 11 is 0. The maximum absolute atomic E-state index is 11.1. The van der Waals surface area contributed by atoms with Crippen molar-refractivity contribution >= 4 is 17.5 Å². The molecule has 0 spiro atoms. The predicted octanol–water partition coefficient (Wildman–Crippen LogP) is 0.522. The van der Waals surface area contributed by atoms with E-state index in [1.165, 1.54) is 6.20 Å². The molecule has 0 saturated heterocycles. The Bertz CT molecular complexity index is 293. The van der Waals surface area contributed by atoms with Crippen molar-refractivity contribution in [1.29, 1.82) is 0 Å². The van der Waals surface area contributed by atoms with E-state index in [1.807, 2.05) is 13.8 Å². The molecule has 6 nitrogen and oxygen atoms in total. The topological polar surface area (TPSA) is 95.8 Å². The number of hydrogen-bond acceptors (Lipinski definition) is 3. The predicted molar refractivity (Wildman–Crippen MR) is 50.3 cm³/mol. The molecule has 1 heterocycles. The fourth-order valence-corrected chi connectivity index (χ4v) is 0.807. The van der Waals surface area contributed by atoms with Gasteiger partial charge in [-0.05, 0) is 13.8 Å². The molecule has 2 amide bonds. The lowest BCUT2D eigenvalue weighted by Gasteiger charge is -2.08. The Morgan fingerprint density at radius 2 is 2.38 bits per heavy atom. The van der Waals surface area contributed by atoms with Gasteiger partial charge in [-0.3, -0.25) is 10.4 Å². The molecule has 0 aliphatic rings. The minimum Gasteiger partial charge on any atom is -0.394 e. The first-order valence-corrected chi connectivity index (χ1v) is 3.96. The first-order chi connectivity index (χ1) is 6.09. The van der Waals surface area contributed by atoms with Gasteiger partial charge >= 0.3 is 6.03 Å². The molecule has 0 radical (unpaired) electrons. The maximum atomic E-state index is 11.1. The summed E-state index contributed by atoms with van der Waals surface area (Å²) in [6, 6.07) is -0.213. The zero-order valence-corrected chi connectivity index (χ0v) is 7.59. The number of nitrogens with two attached hydrogens (primary N) is 1. The number of carbonyl (C=O) groups is 1. The smallest absolute Gasteiger partial charge is 0.320 e.